The zero-order chi connectivity index (χ0) is 13.9. The summed E-state index contributed by atoms with van der Waals surface area (Å²) in [6, 6.07) is 4.98. The van der Waals surface area contributed by atoms with Crippen LogP contribution in [0.3, 0.4) is 0 Å². The SMILES string of the molecule is CNC(=O)C(N)c1ccc(OC)c(C(C)(C)C)c1. The number of methoxy groups -OCH3 is 1. The molecule has 1 aromatic carbocycles. The quantitative estimate of drug-likeness (QED) is 0.858. The van der Waals surface area contributed by atoms with E-state index in [0.29, 0.717) is 0 Å². The van der Waals surface area contributed by atoms with E-state index in [1.54, 1.807) is 14.2 Å². The lowest BCUT2D eigenvalue weighted by molar-refractivity contribution is -0.121. The smallest absolute Gasteiger partial charge is 0.241 e. The first-order valence-corrected chi connectivity index (χ1v) is 5.97. The Balaban J connectivity index is 3.23. The van der Waals surface area contributed by atoms with Gasteiger partial charge in [0.25, 0.3) is 0 Å². The van der Waals surface area contributed by atoms with E-state index in [1.165, 1.54) is 0 Å². The van der Waals surface area contributed by atoms with E-state index in [9.17, 15) is 4.79 Å². The lowest BCUT2D eigenvalue weighted by Crippen LogP contribution is -2.31. The minimum atomic E-state index is -0.651. The van der Waals surface area contributed by atoms with Crippen molar-refractivity contribution in [2.24, 2.45) is 5.73 Å². The first kappa shape index (κ1) is 14.5. The highest BCUT2D eigenvalue weighted by Gasteiger charge is 2.22. The predicted octanol–water partition coefficient (Wildman–Crippen LogP) is 1.74. The van der Waals surface area contributed by atoms with E-state index >= 15 is 0 Å². The van der Waals surface area contributed by atoms with Crippen molar-refractivity contribution in [1.29, 1.82) is 0 Å². The third kappa shape index (κ3) is 3.01. The second kappa shape index (κ2) is 5.40. The predicted molar refractivity (Wildman–Crippen MR) is 72.7 cm³/mol. The molecule has 0 heterocycles. The molecule has 100 valence electrons. The highest BCUT2D eigenvalue weighted by atomic mass is 16.5. The number of carbonyl (C=O) groups excluding carboxylic acids is 1. The number of nitrogens with two attached hydrogens (primary N) is 1. The molecule has 1 unspecified atom stereocenters. The van der Waals surface area contributed by atoms with Gasteiger partial charge in [-0.1, -0.05) is 26.8 Å². The molecule has 1 aromatic rings. The summed E-state index contributed by atoms with van der Waals surface area (Å²) in [6.07, 6.45) is 0. The van der Waals surface area contributed by atoms with Crippen molar-refractivity contribution in [3.8, 4) is 5.75 Å². The Morgan fingerprint density at radius 3 is 2.44 bits per heavy atom. The summed E-state index contributed by atoms with van der Waals surface area (Å²) in [7, 11) is 3.22. The van der Waals surface area contributed by atoms with E-state index < -0.39 is 6.04 Å². The molecule has 1 amide bonds. The third-order valence-corrected chi connectivity index (χ3v) is 2.92. The van der Waals surface area contributed by atoms with Crippen molar-refractivity contribution < 1.29 is 9.53 Å². The van der Waals surface area contributed by atoms with Gasteiger partial charge in [0, 0.05) is 7.05 Å². The van der Waals surface area contributed by atoms with E-state index in [0.717, 1.165) is 16.9 Å². The first-order valence-electron chi connectivity index (χ1n) is 5.97. The largest absolute Gasteiger partial charge is 0.496 e. The van der Waals surface area contributed by atoms with Crippen molar-refractivity contribution in [3.05, 3.63) is 29.3 Å². The maximum atomic E-state index is 11.6. The second-order valence-electron chi connectivity index (χ2n) is 5.30. The molecule has 0 aliphatic heterocycles. The van der Waals surface area contributed by atoms with Crippen LogP contribution in [0.2, 0.25) is 0 Å². The number of benzene rings is 1. The Bertz CT molecular complexity index is 436. The molecule has 3 N–H and O–H groups in total. The van der Waals surface area contributed by atoms with Gasteiger partial charge < -0.3 is 15.8 Å². The fraction of sp³-hybridized carbons (Fsp3) is 0.500. The van der Waals surface area contributed by atoms with Gasteiger partial charge in [-0.3, -0.25) is 4.79 Å². The molecule has 0 aliphatic rings. The molecule has 0 aliphatic carbocycles. The summed E-state index contributed by atoms with van der Waals surface area (Å²) >= 11 is 0. The minimum Gasteiger partial charge on any atom is -0.496 e. The lowest BCUT2D eigenvalue weighted by Gasteiger charge is -2.24. The first-order chi connectivity index (χ1) is 8.31. The summed E-state index contributed by atoms with van der Waals surface area (Å²) in [6.45, 7) is 6.29. The molecule has 0 spiro atoms. The number of ether oxygens (including phenoxy) is 1. The normalized spacial score (nSPS) is 13.0. The molecule has 0 fully saturated rings. The maximum absolute atomic E-state index is 11.6. The molecular weight excluding hydrogens is 228 g/mol. The van der Waals surface area contributed by atoms with Crippen LogP contribution in [0.25, 0.3) is 0 Å². The molecule has 4 heteroatoms. The highest BCUT2D eigenvalue weighted by molar-refractivity contribution is 5.82. The van der Waals surface area contributed by atoms with Crippen LogP contribution >= 0.6 is 0 Å². The monoisotopic (exact) mass is 250 g/mol. The van der Waals surface area contributed by atoms with Crippen molar-refractivity contribution in [1.82, 2.24) is 5.32 Å². The minimum absolute atomic E-state index is 0.0657. The van der Waals surface area contributed by atoms with Gasteiger partial charge in [-0.05, 0) is 28.7 Å². The van der Waals surface area contributed by atoms with Gasteiger partial charge in [0.15, 0.2) is 0 Å². The Morgan fingerprint density at radius 2 is 2.00 bits per heavy atom. The Morgan fingerprint density at radius 1 is 1.39 bits per heavy atom. The van der Waals surface area contributed by atoms with Gasteiger partial charge in [-0.2, -0.15) is 0 Å². The summed E-state index contributed by atoms with van der Waals surface area (Å²) in [5, 5.41) is 2.55. The number of rotatable bonds is 3. The molecular formula is C14H22N2O2. The molecule has 1 atom stereocenters. The van der Waals surface area contributed by atoms with Crippen molar-refractivity contribution in [2.75, 3.05) is 14.2 Å². The lowest BCUT2D eigenvalue weighted by atomic mass is 9.84. The van der Waals surface area contributed by atoms with Crippen LogP contribution in [0.15, 0.2) is 18.2 Å². The standard InChI is InChI=1S/C14H22N2O2/c1-14(2,3)10-8-9(6-7-11(10)18-5)12(15)13(17)16-4/h6-8,12H,15H2,1-5H3,(H,16,17). The number of amides is 1. The van der Waals surface area contributed by atoms with Crippen LogP contribution in [0.1, 0.15) is 37.9 Å². The van der Waals surface area contributed by atoms with E-state index in [2.05, 4.69) is 26.1 Å². The molecule has 0 saturated heterocycles. The fourth-order valence-electron chi connectivity index (χ4n) is 1.81. The van der Waals surface area contributed by atoms with Crippen LogP contribution in [-0.2, 0) is 10.2 Å². The van der Waals surface area contributed by atoms with Crippen molar-refractivity contribution in [3.63, 3.8) is 0 Å². The van der Waals surface area contributed by atoms with Crippen LogP contribution in [0.4, 0.5) is 0 Å². The van der Waals surface area contributed by atoms with Crippen molar-refractivity contribution in [2.45, 2.75) is 32.2 Å². The number of nitrogens with one attached hydrogen (secondary N) is 1. The number of hydrogen-bond donors (Lipinski definition) is 2. The van der Waals surface area contributed by atoms with Gasteiger partial charge in [-0.15, -0.1) is 0 Å². The molecule has 0 bridgehead atoms. The number of likely N-dealkylation sites (N-methyl/N-ethyl adjacent to an activating group) is 1. The number of hydrogen-bond acceptors (Lipinski definition) is 3. The Hall–Kier alpha value is -1.55. The topological polar surface area (TPSA) is 64.4 Å². The van der Waals surface area contributed by atoms with Crippen LogP contribution < -0.4 is 15.8 Å². The van der Waals surface area contributed by atoms with Crippen molar-refractivity contribution >= 4 is 5.91 Å². The van der Waals surface area contributed by atoms with Crippen LogP contribution in [0, 0.1) is 0 Å². The summed E-state index contributed by atoms with van der Waals surface area (Å²) in [4.78, 5) is 11.6. The fourth-order valence-corrected chi connectivity index (χ4v) is 1.81. The van der Waals surface area contributed by atoms with Gasteiger partial charge in [0.1, 0.15) is 11.8 Å². The van der Waals surface area contributed by atoms with Crippen LogP contribution in [-0.4, -0.2) is 20.1 Å². The highest BCUT2D eigenvalue weighted by Crippen LogP contribution is 2.33. The second-order valence-corrected chi connectivity index (χ2v) is 5.30. The summed E-state index contributed by atoms with van der Waals surface area (Å²) < 4.78 is 5.35. The van der Waals surface area contributed by atoms with Gasteiger partial charge in [-0.25, -0.2) is 0 Å². The summed E-state index contributed by atoms with van der Waals surface area (Å²) in [5.74, 6) is 0.621. The van der Waals surface area contributed by atoms with E-state index in [-0.39, 0.29) is 11.3 Å². The van der Waals surface area contributed by atoms with Crippen LogP contribution in [0.5, 0.6) is 5.75 Å². The Labute approximate surface area is 109 Å². The number of carbonyl (C=O) groups is 1. The Kier molecular flexibility index (Phi) is 4.35. The van der Waals surface area contributed by atoms with E-state index in [1.807, 2.05) is 18.2 Å². The molecule has 0 aromatic heterocycles. The van der Waals surface area contributed by atoms with E-state index in [4.69, 9.17) is 10.5 Å². The molecule has 0 radical (unpaired) electrons. The maximum Gasteiger partial charge on any atom is 0.241 e. The molecule has 4 nitrogen and oxygen atoms in total. The zero-order valence-corrected chi connectivity index (χ0v) is 11.7. The average molecular weight is 250 g/mol. The zero-order valence-electron chi connectivity index (χ0n) is 11.7. The third-order valence-electron chi connectivity index (χ3n) is 2.92. The molecule has 0 saturated carbocycles. The molecule has 18 heavy (non-hydrogen) atoms. The van der Waals surface area contributed by atoms with Gasteiger partial charge in [0.2, 0.25) is 5.91 Å². The average Bonchev–Trinajstić information content (AvgIpc) is 2.35. The van der Waals surface area contributed by atoms with Gasteiger partial charge in [0.05, 0.1) is 7.11 Å². The van der Waals surface area contributed by atoms with Gasteiger partial charge >= 0.3 is 0 Å². The summed E-state index contributed by atoms with van der Waals surface area (Å²) in [5.41, 5.74) is 7.67. The molecule has 1 rings (SSSR count).